The van der Waals surface area contributed by atoms with Crippen molar-refractivity contribution in [2.75, 3.05) is 11.9 Å². The first kappa shape index (κ1) is 17.5. The minimum atomic E-state index is 0.305. The Morgan fingerprint density at radius 3 is 2.74 bits per heavy atom. The van der Waals surface area contributed by atoms with E-state index in [0.29, 0.717) is 12.0 Å². The van der Waals surface area contributed by atoms with Crippen molar-refractivity contribution < 1.29 is 4.74 Å². The highest BCUT2D eigenvalue weighted by atomic mass is 16.5. The Hall–Kier alpha value is -2.95. The normalized spacial score (nSPS) is 14.6. The van der Waals surface area contributed by atoms with Crippen molar-refractivity contribution in [1.82, 2.24) is 15.0 Å². The van der Waals surface area contributed by atoms with Gasteiger partial charge in [0.25, 0.3) is 0 Å². The number of benzene rings is 1. The molecule has 5 nitrogen and oxygen atoms in total. The number of nitrogens with zero attached hydrogens (tertiary/aromatic N) is 3. The van der Waals surface area contributed by atoms with Gasteiger partial charge in [-0.1, -0.05) is 25.1 Å². The Bertz CT molecular complexity index is 906. The molecule has 2 aromatic heterocycles. The summed E-state index contributed by atoms with van der Waals surface area (Å²) in [5, 5.41) is 3.43. The zero-order valence-electron chi connectivity index (χ0n) is 15.7. The highest BCUT2D eigenvalue weighted by Crippen LogP contribution is 2.32. The molecule has 0 spiro atoms. The van der Waals surface area contributed by atoms with Crippen LogP contribution in [0.25, 0.3) is 11.3 Å². The number of hydrogen-bond acceptors (Lipinski definition) is 5. The van der Waals surface area contributed by atoms with Crippen LogP contribution >= 0.6 is 0 Å². The number of ether oxygens (including phenoxy) is 1. The fourth-order valence-electron chi connectivity index (χ4n) is 2.96. The van der Waals surface area contributed by atoms with Crippen molar-refractivity contribution in [2.24, 2.45) is 0 Å². The SMILES string of the molecule is Cc1ccc(-c2cc(NC[C@@H](C)c3ccccc3OC3CC3)ncn2)cn1. The average Bonchev–Trinajstić information content (AvgIpc) is 3.51. The first-order valence-electron chi connectivity index (χ1n) is 9.43. The Balaban J connectivity index is 1.44. The van der Waals surface area contributed by atoms with E-state index in [9.17, 15) is 0 Å². The molecule has 0 aliphatic heterocycles. The molecule has 1 aromatic carbocycles. The number of aryl methyl sites for hydroxylation is 1. The molecule has 5 heteroatoms. The van der Waals surface area contributed by atoms with Gasteiger partial charge in [0, 0.05) is 36.0 Å². The Kier molecular flexibility index (Phi) is 5.01. The van der Waals surface area contributed by atoms with Gasteiger partial charge in [-0.3, -0.25) is 4.98 Å². The molecule has 27 heavy (non-hydrogen) atoms. The van der Waals surface area contributed by atoms with E-state index in [4.69, 9.17) is 4.74 Å². The highest BCUT2D eigenvalue weighted by Gasteiger charge is 2.25. The third-order valence-electron chi connectivity index (χ3n) is 4.73. The number of hydrogen-bond donors (Lipinski definition) is 1. The zero-order chi connectivity index (χ0) is 18.6. The molecule has 0 amide bonds. The summed E-state index contributed by atoms with van der Waals surface area (Å²) in [6, 6.07) is 14.3. The molecule has 1 N–H and O–H groups in total. The number of rotatable bonds is 7. The van der Waals surface area contributed by atoms with E-state index < -0.39 is 0 Å². The van der Waals surface area contributed by atoms with Crippen LogP contribution < -0.4 is 10.1 Å². The van der Waals surface area contributed by atoms with Gasteiger partial charge in [-0.25, -0.2) is 9.97 Å². The molecule has 1 aliphatic rings. The molecule has 0 saturated heterocycles. The minimum absolute atomic E-state index is 0.305. The number of aromatic nitrogens is 3. The topological polar surface area (TPSA) is 59.9 Å². The number of nitrogens with one attached hydrogen (secondary N) is 1. The number of anilines is 1. The summed E-state index contributed by atoms with van der Waals surface area (Å²) < 4.78 is 6.06. The summed E-state index contributed by atoms with van der Waals surface area (Å²) >= 11 is 0. The molecule has 2 heterocycles. The zero-order valence-corrected chi connectivity index (χ0v) is 15.7. The smallest absolute Gasteiger partial charge is 0.129 e. The van der Waals surface area contributed by atoms with Gasteiger partial charge in [0.15, 0.2) is 0 Å². The lowest BCUT2D eigenvalue weighted by molar-refractivity contribution is 0.298. The monoisotopic (exact) mass is 360 g/mol. The van der Waals surface area contributed by atoms with E-state index in [2.05, 4.69) is 45.4 Å². The van der Waals surface area contributed by atoms with Gasteiger partial charge < -0.3 is 10.1 Å². The van der Waals surface area contributed by atoms with Crippen LogP contribution in [0, 0.1) is 6.92 Å². The van der Waals surface area contributed by atoms with Crippen molar-refractivity contribution in [2.45, 2.75) is 38.7 Å². The van der Waals surface area contributed by atoms with Gasteiger partial charge in [-0.15, -0.1) is 0 Å². The molecule has 1 fully saturated rings. The molecule has 0 radical (unpaired) electrons. The molecular formula is C22H24N4O. The predicted molar refractivity (Wildman–Crippen MR) is 107 cm³/mol. The molecule has 1 aliphatic carbocycles. The fourth-order valence-corrected chi connectivity index (χ4v) is 2.96. The largest absolute Gasteiger partial charge is 0.490 e. The summed E-state index contributed by atoms with van der Waals surface area (Å²) in [6.07, 6.45) is 6.16. The van der Waals surface area contributed by atoms with Crippen LogP contribution in [0.4, 0.5) is 5.82 Å². The van der Waals surface area contributed by atoms with Crippen LogP contribution in [0.15, 0.2) is 55.0 Å². The second-order valence-corrected chi connectivity index (χ2v) is 7.11. The molecule has 1 saturated carbocycles. The van der Waals surface area contributed by atoms with Crippen LogP contribution in [0.1, 0.15) is 36.9 Å². The van der Waals surface area contributed by atoms with Crippen molar-refractivity contribution in [3.05, 3.63) is 66.2 Å². The van der Waals surface area contributed by atoms with Gasteiger partial charge in [-0.2, -0.15) is 0 Å². The van der Waals surface area contributed by atoms with Gasteiger partial charge >= 0.3 is 0 Å². The Morgan fingerprint density at radius 2 is 1.96 bits per heavy atom. The number of para-hydroxylation sites is 1. The van der Waals surface area contributed by atoms with Gasteiger partial charge in [-0.05, 0) is 43.5 Å². The third kappa shape index (κ3) is 4.42. The first-order chi connectivity index (χ1) is 13.2. The van der Waals surface area contributed by atoms with Crippen LogP contribution in [0.2, 0.25) is 0 Å². The molecule has 4 rings (SSSR count). The Labute approximate surface area is 159 Å². The van der Waals surface area contributed by atoms with Crippen LogP contribution in [0.5, 0.6) is 5.75 Å². The van der Waals surface area contributed by atoms with E-state index in [1.165, 1.54) is 18.4 Å². The van der Waals surface area contributed by atoms with E-state index in [-0.39, 0.29) is 0 Å². The lowest BCUT2D eigenvalue weighted by Gasteiger charge is -2.18. The van der Waals surface area contributed by atoms with Crippen LogP contribution in [0.3, 0.4) is 0 Å². The lowest BCUT2D eigenvalue weighted by atomic mass is 10.00. The quantitative estimate of drug-likeness (QED) is 0.667. The molecule has 0 unspecified atom stereocenters. The second kappa shape index (κ2) is 7.74. The fraction of sp³-hybridized carbons (Fsp3) is 0.318. The van der Waals surface area contributed by atoms with Crippen LogP contribution in [-0.4, -0.2) is 27.6 Å². The van der Waals surface area contributed by atoms with Crippen molar-refractivity contribution in [3.8, 4) is 17.0 Å². The molecule has 1 atom stereocenters. The molecular weight excluding hydrogens is 336 g/mol. The maximum Gasteiger partial charge on any atom is 0.129 e. The second-order valence-electron chi connectivity index (χ2n) is 7.11. The minimum Gasteiger partial charge on any atom is -0.490 e. The third-order valence-corrected chi connectivity index (χ3v) is 4.73. The van der Waals surface area contributed by atoms with E-state index in [1.54, 1.807) is 6.33 Å². The maximum absolute atomic E-state index is 6.06. The van der Waals surface area contributed by atoms with Crippen molar-refractivity contribution in [3.63, 3.8) is 0 Å². The standard InChI is InChI=1S/C22H24N4O/c1-15(19-5-3-4-6-21(19)27-18-9-10-18)12-24-22-11-20(25-14-26-22)17-8-7-16(2)23-13-17/h3-8,11,13-15,18H,9-10,12H2,1-2H3,(H,24,25,26)/t15-/m1/s1. The summed E-state index contributed by atoms with van der Waals surface area (Å²) in [6.45, 7) is 4.95. The molecule has 0 bridgehead atoms. The summed E-state index contributed by atoms with van der Waals surface area (Å²) in [7, 11) is 0. The first-order valence-corrected chi connectivity index (χ1v) is 9.43. The van der Waals surface area contributed by atoms with E-state index in [1.807, 2.05) is 37.4 Å². The summed E-state index contributed by atoms with van der Waals surface area (Å²) in [5.74, 6) is 2.12. The molecule has 138 valence electrons. The number of pyridine rings is 1. The van der Waals surface area contributed by atoms with Gasteiger partial charge in [0.2, 0.25) is 0 Å². The lowest BCUT2D eigenvalue weighted by Crippen LogP contribution is -2.12. The van der Waals surface area contributed by atoms with E-state index in [0.717, 1.165) is 35.1 Å². The van der Waals surface area contributed by atoms with Crippen molar-refractivity contribution >= 4 is 5.82 Å². The predicted octanol–water partition coefficient (Wildman–Crippen LogP) is 4.60. The van der Waals surface area contributed by atoms with Crippen LogP contribution in [-0.2, 0) is 0 Å². The molecule has 3 aromatic rings. The maximum atomic E-state index is 6.06. The summed E-state index contributed by atoms with van der Waals surface area (Å²) in [5.41, 5.74) is 4.08. The average molecular weight is 360 g/mol. The van der Waals surface area contributed by atoms with E-state index >= 15 is 0 Å². The van der Waals surface area contributed by atoms with Gasteiger partial charge in [0.1, 0.15) is 17.9 Å². The van der Waals surface area contributed by atoms with Crippen molar-refractivity contribution in [1.29, 1.82) is 0 Å². The Morgan fingerprint density at radius 1 is 1.11 bits per heavy atom. The highest BCUT2D eigenvalue weighted by molar-refractivity contribution is 5.61. The summed E-state index contributed by atoms with van der Waals surface area (Å²) in [4.78, 5) is 13.1. The van der Waals surface area contributed by atoms with Gasteiger partial charge in [0.05, 0.1) is 11.8 Å².